The minimum absolute atomic E-state index is 0.201. The highest BCUT2D eigenvalue weighted by Gasteiger charge is 2.17. The molecule has 3 nitrogen and oxygen atoms in total. The van der Waals surface area contributed by atoms with Gasteiger partial charge < -0.3 is 15.0 Å². The van der Waals surface area contributed by atoms with E-state index < -0.39 is 0 Å². The lowest BCUT2D eigenvalue weighted by Crippen LogP contribution is -2.47. The average Bonchev–Trinajstić information content (AvgIpc) is 2.33. The Morgan fingerprint density at radius 3 is 3.12 bits per heavy atom. The molecule has 1 aromatic rings. The van der Waals surface area contributed by atoms with Crippen LogP contribution in [0.2, 0.25) is 0 Å². The van der Waals surface area contributed by atoms with E-state index in [9.17, 15) is 4.39 Å². The molecule has 1 saturated heterocycles. The van der Waals surface area contributed by atoms with Crippen molar-refractivity contribution in [3.63, 3.8) is 0 Å². The number of benzene rings is 1. The molecule has 0 spiro atoms. The maximum atomic E-state index is 13.7. The molecule has 0 aliphatic carbocycles. The smallest absolute Gasteiger partial charge is 0.146 e. The maximum Gasteiger partial charge on any atom is 0.146 e. The lowest BCUT2D eigenvalue weighted by molar-refractivity contribution is 0.0791. The highest BCUT2D eigenvalue weighted by atomic mass is 79.9. The molecule has 1 aliphatic heterocycles. The Balaban J connectivity index is 2.02. The molecule has 5 heteroatoms. The van der Waals surface area contributed by atoms with E-state index in [-0.39, 0.29) is 11.9 Å². The number of nitrogens with one attached hydrogen (secondary N) is 1. The van der Waals surface area contributed by atoms with Gasteiger partial charge in [-0.1, -0.05) is 15.9 Å². The van der Waals surface area contributed by atoms with E-state index in [1.165, 1.54) is 6.07 Å². The third-order valence-corrected chi connectivity index (χ3v) is 3.31. The molecule has 1 heterocycles. The Bertz CT molecular complexity index is 383. The average molecular weight is 303 g/mol. The van der Waals surface area contributed by atoms with Gasteiger partial charge in [-0.3, -0.25) is 0 Å². The number of hydrogen-bond acceptors (Lipinski definition) is 3. The van der Waals surface area contributed by atoms with Crippen molar-refractivity contribution in [1.82, 2.24) is 5.32 Å². The fourth-order valence-corrected chi connectivity index (χ4v) is 2.29. The summed E-state index contributed by atoms with van der Waals surface area (Å²) in [6.45, 7) is 3.03. The third-order valence-electron chi connectivity index (χ3n) is 2.81. The van der Waals surface area contributed by atoms with Crippen molar-refractivity contribution in [2.75, 3.05) is 38.3 Å². The first-order valence-electron chi connectivity index (χ1n) is 5.64. The molecule has 94 valence electrons. The van der Waals surface area contributed by atoms with Crippen LogP contribution in [-0.2, 0) is 4.74 Å². The number of hydrogen-bond donors (Lipinski definition) is 1. The zero-order chi connectivity index (χ0) is 12.3. The Morgan fingerprint density at radius 1 is 1.59 bits per heavy atom. The van der Waals surface area contributed by atoms with Gasteiger partial charge in [0.15, 0.2) is 0 Å². The predicted octanol–water partition coefficient (Wildman–Crippen LogP) is 2.01. The second kappa shape index (κ2) is 5.80. The van der Waals surface area contributed by atoms with Gasteiger partial charge in [-0.05, 0) is 18.2 Å². The lowest BCUT2D eigenvalue weighted by atomic mass is 10.2. The van der Waals surface area contributed by atoms with E-state index in [0.29, 0.717) is 12.3 Å². The van der Waals surface area contributed by atoms with Gasteiger partial charge in [-0.2, -0.15) is 0 Å². The normalized spacial score (nSPS) is 20.3. The first-order valence-corrected chi connectivity index (χ1v) is 6.43. The van der Waals surface area contributed by atoms with Crippen LogP contribution in [0.1, 0.15) is 0 Å². The zero-order valence-electron chi connectivity index (χ0n) is 9.75. The summed E-state index contributed by atoms with van der Waals surface area (Å²) in [5.74, 6) is -0.201. The van der Waals surface area contributed by atoms with Gasteiger partial charge in [0.25, 0.3) is 0 Å². The summed E-state index contributed by atoms with van der Waals surface area (Å²) in [5, 5.41) is 3.35. The Labute approximate surface area is 109 Å². The number of anilines is 1. The second-order valence-corrected chi connectivity index (χ2v) is 5.12. The standard InChI is InChI=1S/C12H16BrFN2O/c1-16(7-10-8-17-5-4-15-10)12-6-9(13)2-3-11(12)14/h2-3,6,10,15H,4-5,7-8H2,1H3. The minimum Gasteiger partial charge on any atom is -0.378 e. The summed E-state index contributed by atoms with van der Waals surface area (Å²) in [6.07, 6.45) is 0. The van der Waals surface area contributed by atoms with Crippen LogP contribution in [0.4, 0.5) is 10.1 Å². The summed E-state index contributed by atoms with van der Waals surface area (Å²) in [5.41, 5.74) is 0.603. The first kappa shape index (κ1) is 12.8. The molecule has 0 bridgehead atoms. The molecule has 2 rings (SSSR count). The van der Waals surface area contributed by atoms with Crippen molar-refractivity contribution < 1.29 is 9.13 Å². The Morgan fingerprint density at radius 2 is 2.41 bits per heavy atom. The Hall–Kier alpha value is -0.650. The van der Waals surface area contributed by atoms with Crippen molar-refractivity contribution in [1.29, 1.82) is 0 Å². The molecule has 1 fully saturated rings. The third kappa shape index (κ3) is 3.40. The van der Waals surface area contributed by atoms with Crippen molar-refractivity contribution >= 4 is 21.6 Å². The highest BCUT2D eigenvalue weighted by Crippen LogP contribution is 2.23. The Kier molecular flexibility index (Phi) is 4.36. The van der Waals surface area contributed by atoms with Crippen molar-refractivity contribution in [2.24, 2.45) is 0 Å². The highest BCUT2D eigenvalue weighted by molar-refractivity contribution is 9.10. The number of rotatable bonds is 3. The van der Waals surface area contributed by atoms with E-state index in [0.717, 1.165) is 24.2 Å². The van der Waals surface area contributed by atoms with E-state index in [4.69, 9.17) is 4.74 Å². The van der Waals surface area contributed by atoms with Crippen LogP contribution in [0.25, 0.3) is 0 Å². The van der Waals surface area contributed by atoms with Crippen LogP contribution in [0, 0.1) is 5.82 Å². The van der Waals surface area contributed by atoms with E-state index in [2.05, 4.69) is 21.2 Å². The van der Waals surface area contributed by atoms with Gasteiger partial charge in [0.1, 0.15) is 5.82 Å². The van der Waals surface area contributed by atoms with E-state index in [1.807, 2.05) is 11.9 Å². The van der Waals surface area contributed by atoms with Crippen LogP contribution >= 0.6 is 15.9 Å². The van der Waals surface area contributed by atoms with Crippen molar-refractivity contribution in [3.05, 3.63) is 28.5 Å². The number of nitrogens with zero attached hydrogens (tertiary/aromatic N) is 1. The summed E-state index contributed by atoms with van der Waals surface area (Å²) in [7, 11) is 1.89. The molecule has 1 atom stereocenters. The molecule has 1 aromatic carbocycles. The summed E-state index contributed by atoms with van der Waals surface area (Å²) in [6, 6.07) is 5.22. The lowest BCUT2D eigenvalue weighted by Gasteiger charge is -2.29. The predicted molar refractivity (Wildman–Crippen MR) is 70.0 cm³/mol. The van der Waals surface area contributed by atoms with Gasteiger partial charge in [0, 0.05) is 30.7 Å². The monoisotopic (exact) mass is 302 g/mol. The van der Waals surface area contributed by atoms with Gasteiger partial charge in [-0.25, -0.2) is 4.39 Å². The van der Waals surface area contributed by atoms with Crippen LogP contribution in [0.5, 0.6) is 0 Å². The molecule has 1 aliphatic rings. The fourth-order valence-electron chi connectivity index (χ4n) is 1.94. The molecular weight excluding hydrogens is 287 g/mol. The number of ether oxygens (including phenoxy) is 1. The summed E-state index contributed by atoms with van der Waals surface area (Å²) < 4.78 is 19.9. The van der Waals surface area contributed by atoms with E-state index >= 15 is 0 Å². The number of morpholine rings is 1. The number of halogens is 2. The molecule has 0 aromatic heterocycles. The molecule has 1 unspecified atom stereocenters. The quantitative estimate of drug-likeness (QED) is 0.924. The second-order valence-electron chi connectivity index (χ2n) is 4.20. The maximum absolute atomic E-state index is 13.7. The first-order chi connectivity index (χ1) is 8.16. The molecule has 0 radical (unpaired) electrons. The van der Waals surface area contributed by atoms with Gasteiger partial charge >= 0.3 is 0 Å². The molecular formula is C12H16BrFN2O. The van der Waals surface area contributed by atoms with Crippen molar-refractivity contribution in [2.45, 2.75) is 6.04 Å². The fraction of sp³-hybridized carbons (Fsp3) is 0.500. The SMILES string of the molecule is CN(CC1COCCN1)c1cc(Br)ccc1F. The van der Waals surface area contributed by atoms with Crippen LogP contribution < -0.4 is 10.2 Å². The molecule has 0 saturated carbocycles. The van der Waals surface area contributed by atoms with Gasteiger partial charge in [0.05, 0.1) is 18.9 Å². The topological polar surface area (TPSA) is 24.5 Å². The van der Waals surface area contributed by atoms with Crippen LogP contribution in [0.15, 0.2) is 22.7 Å². The minimum atomic E-state index is -0.201. The summed E-state index contributed by atoms with van der Waals surface area (Å²) in [4.78, 5) is 1.91. The van der Waals surface area contributed by atoms with Crippen molar-refractivity contribution in [3.8, 4) is 0 Å². The van der Waals surface area contributed by atoms with Crippen LogP contribution in [0.3, 0.4) is 0 Å². The summed E-state index contributed by atoms with van der Waals surface area (Å²) >= 11 is 3.36. The number of likely N-dealkylation sites (N-methyl/N-ethyl adjacent to an activating group) is 1. The largest absolute Gasteiger partial charge is 0.378 e. The van der Waals surface area contributed by atoms with E-state index in [1.54, 1.807) is 12.1 Å². The van der Waals surface area contributed by atoms with Crippen LogP contribution in [-0.4, -0.2) is 39.4 Å². The zero-order valence-corrected chi connectivity index (χ0v) is 11.3. The molecule has 17 heavy (non-hydrogen) atoms. The van der Waals surface area contributed by atoms with Gasteiger partial charge in [0.2, 0.25) is 0 Å². The van der Waals surface area contributed by atoms with Gasteiger partial charge in [-0.15, -0.1) is 0 Å². The molecule has 1 N–H and O–H groups in total. The molecule has 0 amide bonds.